The zero-order chi connectivity index (χ0) is 17.1. The maximum atomic E-state index is 12.0. The first-order chi connectivity index (χ1) is 10.8. The Morgan fingerprint density at radius 3 is 2.17 bits per heavy atom. The van der Waals surface area contributed by atoms with Crippen molar-refractivity contribution in [2.75, 3.05) is 7.11 Å². The molecule has 0 bridgehead atoms. The molecule has 1 saturated heterocycles. The SMILES string of the molecule is COc1ccc(C(=O)OC2OC(C(=O)O)C(O)C(O)C2O)cc1. The fraction of sp³-hybridized carbons (Fsp3) is 0.429. The van der Waals surface area contributed by atoms with Crippen LogP contribution < -0.4 is 4.74 Å². The topological polar surface area (TPSA) is 143 Å². The molecule has 126 valence electrons. The zero-order valence-corrected chi connectivity index (χ0v) is 12.0. The summed E-state index contributed by atoms with van der Waals surface area (Å²) in [5, 5.41) is 37.8. The molecule has 1 aliphatic rings. The van der Waals surface area contributed by atoms with Gasteiger partial charge in [-0.2, -0.15) is 0 Å². The molecule has 1 aromatic carbocycles. The average molecular weight is 328 g/mol. The summed E-state index contributed by atoms with van der Waals surface area (Å²) < 4.78 is 14.7. The van der Waals surface area contributed by atoms with E-state index >= 15 is 0 Å². The molecule has 1 fully saturated rings. The Morgan fingerprint density at radius 1 is 1.04 bits per heavy atom. The number of carbonyl (C=O) groups excluding carboxylic acids is 1. The summed E-state index contributed by atoms with van der Waals surface area (Å²) in [5.41, 5.74) is 0.106. The van der Waals surface area contributed by atoms with Crippen LogP contribution in [-0.2, 0) is 14.3 Å². The lowest BCUT2D eigenvalue weighted by Gasteiger charge is -2.37. The van der Waals surface area contributed by atoms with Crippen molar-refractivity contribution >= 4 is 11.9 Å². The van der Waals surface area contributed by atoms with Crippen LogP contribution in [-0.4, -0.2) is 70.2 Å². The van der Waals surface area contributed by atoms with Crippen LogP contribution in [0.5, 0.6) is 5.75 Å². The van der Waals surface area contributed by atoms with E-state index in [0.29, 0.717) is 5.75 Å². The number of aliphatic hydroxyl groups is 3. The summed E-state index contributed by atoms with van der Waals surface area (Å²) in [5.74, 6) is -1.95. The molecule has 1 aromatic rings. The maximum absolute atomic E-state index is 12.0. The number of carbonyl (C=O) groups is 2. The Bertz CT molecular complexity index is 570. The molecule has 1 aliphatic heterocycles. The largest absolute Gasteiger partial charge is 0.497 e. The molecule has 5 unspecified atom stereocenters. The van der Waals surface area contributed by atoms with Gasteiger partial charge < -0.3 is 34.6 Å². The summed E-state index contributed by atoms with van der Waals surface area (Å²) in [6, 6.07) is 5.81. The van der Waals surface area contributed by atoms with E-state index in [-0.39, 0.29) is 5.56 Å². The predicted molar refractivity (Wildman–Crippen MR) is 72.7 cm³/mol. The molecule has 0 spiro atoms. The molecule has 0 aromatic heterocycles. The fourth-order valence-electron chi connectivity index (χ4n) is 2.05. The van der Waals surface area contributed by atoms with Gasteiger partial charge in [-0.15, -0.1) is 0 Å². The quantitative estimate of drug-likeness (QED) is 0.498. The van der Waals surface area contributed by atoms with Gasteiger partial charge in [-0.3, -0.25) is 0 Å². The molecule has 0 saturated carbocycles. The van der Waals surface area contributed by atoms with Crippen molar-refractivity contribution in [2.24, 2.45) is 0 Å². The standard InChI is InChI=1S/C14H16O9/c1-21-7-4-2-6(3-5-7)13(20)23-14-10(17)8(15)9(16)11(22-14)12(18)19/h2-5,8-11,14-17H,1H3,(H,18,19). The summed E-state index contributed by atoms with van der Waals surface area (Å²) in [7, 11) is 1.46. The van der Waals surface area contributed by atoms with E-state index in [1.165, 1.54) is 31.4 Å². The second kappa shape index (κ2) is 6.92. The van der Waals surface area contributed by atoms with Gasteiger partial charge in [0.2, 0.25) is 6.29 Å². The van der Waals surface area contributed by atoms with E-state index in [9.17, 15) is 24.9 Å². The van der Waals surface area contributed by atoms with Gasteiger partial charge in [0.1, 0.15) is 24.1 Å². The van der Waals surface area contributed by atoms with Gasteiger partial charge >= 0.3 is 11.9 Å². The van der Waals surface area contributed by atoms with E-state index in [4.69, 9.17) is 19.3 Å². The maximum Gasteiger partial charge on any atom is 0.340 e. The minimum atomic E-state index is -1.85. The number of aliphatic hydroxyl groups excluding tert-OH is 3. The predicted octanol–water partition coefficient (Wildman–Crippen LogP) is -1.26. The number of benzene rings is 1. The van der Waals surface area contributed by atoms with E-state index in [1.54, 1.807) is 0 Å². The number of ether oxygens (including phenoxy) is 3. The summed E-state index contributed by atoms with van der Waals surface area (Å²) in [6.07, 6.45) is -9.04. The second-order valence-electron chi connectivity index (χ2n) is 4.87. The van der Waals surface area contributed by atoms with Gasteiger partial charge in [-0.1, -0.05) is 0 Å². The Kier molecular flexibility index (Phi) is 5.16. The number of rotatable bonds is 4. The number of carboxylic acids is 1. The number of methoxy groups -OCH3 is 1. The van der Waals surface area contributed by atoms with E-state index < -0.39 is 42.6 Å². The Labute approximate surface area is 130 Å². The first kappa shape index (κ1) is 17.2. The van der Waals surface area contributed by atoms with Crippen molar-refractivity contribution in [3.63, 3.8) is 0 Å². The van der Waals surface area contributed by atoms with Crippen molar-refractivity contribution in [1.29, 1.82) is 0 Å². The van der Waals surface area contributed by atoms with E-state index in [1.807, 2.05) is 0 Å². The van der Waals surface area contributed by atoms with Gasteiger partial charge in [0.15, 0.2) is 6.10 Å². The highest BCUT2D eigenvalue weighted by Gasteiger charge is 2.48. The van der Waals surface area contributed by atoms with Gasteiger partial charge in [0.25, 0.3) is 0 Å². The summed E-state index contributed by atoms with van der Waals surface area (Å²) >= 11 is 0. The molecule has 4 N–H and O–H groups in total. The number of aliphatic carboxylic acids is 1. The smallest absolute Gasteiger partial charge is 0.340 e. The molecule has 0 aliphatic carbocycles. The van der Waals surface area contributed by atoms with E-state index in [2.05, 4.69) is 0 Å². The van der Waals surface area contributed by atoms with Crippen molar-refractivity contribution in [2.45, 2.75) is 30.7 Å². The molecular formula is C14H16O9. The second-order valence-corrected chi connectivity index (χ2v) is 4.87. The van der Waals surface area contributed by atoms with Crippen LogP contribution in [0.2, 0.25) is 0 Å². The molecule has 5 atom stereocenters. The molecule has 1 heterocycles. The van der Waals surface area contributed by atoms with Crippen molar-refractivity contribution in [1.82, 2.24) is 0 Å². The van der Waals surface area contributed by atoms with Crippen LogP contribution in [0, 0.1) is 0 Å². The molecule has 0 amide bonds. The third-order valence-electron chi connectivity index (χ3n) is 3.36. The Hall–Kier alpha value is -2.20. The van der Waals surface area contributed by atoms with Crippen LogP contribution in [0.25, 0.3) is 0 Å². The van der Waals surface area contributed by atoms with Gasteiger partial charge in [-0.25, -0.2) is 9.59 Å². The lowest BCUT2D eigenvalue weighted by atomic mass is 9.99. The number of esters is 1. The first-order valence-electron chi connectivity index (χ1n) is 6.62. The van der Waals surface area contributed by atoms with Crippen molar-refractivity contribution < 1.29 is 44.2 Å². The van der Waals surface area contributed by atoms with Crippen LogP contribution in [0.15, 0.2) is 24.3 Å². The van der Waals surface area contributed by atoms with Gasteiger partial charge in [-0.05, 0) is 24.3 Å². The summed E-state index contributed by atoms with van der Waals surface area (Å²) in [4.78, 5) is 22.9. The van der Waals surface area contributed by atoms with Gasteiger partial charge in [0, 0.05) is 0 Å². The first-order valence-corrected chi connectivity index (χ1v) is 6.62. The third-order valence-corrected chi connectivity index (χ3v) is 3.36. The summed E-state index contributed by atoms with van der Waals surface area (Å²) in [6.45, 7) is 0. The Morgan fingerprint density at radius 2 is 1.65 bits per heavy atom. The normalized spacial score (nSPS) is 30.5. The Balaban J connectivity index is 2.10. The zero-order valence-electron chi connectivity index (χ0n) is 12.0. The number of hydrogen-bond acceptors (Lipinski definition) is 8. The molecule has 9 nitrogen and oxygen atoms in total. The molecule has 23 heavy (non-hydrogen) atoms. The van der Waals surface area contributed by atoms with Crippen LogP contribution >= 0.6 is 0 Å². The van der Waals surface area contributed by atoms with Crippen LogP contribution in [0.4, 0.5) is 0 Å². The van der Waals surface area contributed by atoms with Crippen LogP contribution in [0.1, 0.15) is 10.4 Å². The lowest BCUT2D eigenvalue weighted by Crippen LogP contribution is -2.60. The van der Waals surface area contributed by atoms with Crippen molar-refractivity contribution in [3.05, 3.63) is 29.8 Å². The minimum absolute atomic E-state index is 0.106. The number of hydrogen-bond donors (Lipinski definition) is 4. The number of carboxylic acid groups (broad SMARTS) is 1. The molecular weight excluding hydrogens is 312 g/mol. The minimum Gasteiger partial charge on any atom is -0.497 e. The fourth-order valence-corrected chi connectivity index (χ4v) is 2.05. The van der Waals surface area contributed by atoms with E-state index in [0.717, 1.165) is 0 Å². The molecule has 0 radical (unpaired) electrons. The highest BCUT2D eigenvalue weighted by atomic mass is 16.7. The third kappa shape index (κ3) is 3.59. The highest BCUT2D eigenvalue weighted by molar-refractivity contribution is 5.89. The monoisotopic (exact) mass is 328 g/mol. The van der Waals surface area contributed by atoms with Crippen molar-refractivity contribution in [3.8, 4) is 5.75 Å². The molecule has 9 heteroatoms. The molecule has 2 rings (SSSR count). The highest BCUT2D eigenvalue weighted by Crippen LogP contribution is 2.23. The van der Waals surface area contributed by atoms with Gasteiger partial charge in [0.05, 0.1) is 12.7 Å². The van der Waals surface area contributed by atoms with Crippen LogP contribution in [0.3, 0.4) is 0 Å². The lowest BCUT2D eigenvalue weighted by molar-refractivity contribution is -0.278. The average Bonchev–Trinajstić information content (AvgIpc) is 2.55.